The zero-order valence-corrected chi connectivity index (χ0v) is 11.2. The molecule has 3 rings (SSSR count). The molecule has 0 unspecified atom stereocenters. The van der Waals surface area contributed by atoms with Gasteiger partial charge in [-0.3, -0.25) is 0 Å². The molecule has 4 heteroatoms. The Hall–Kier alpha value is -1.81. The van der Waals surface area contributed by atoms with Crippen molar-refractivity contribution in [1.29, 1.82) is 0 Å². The maximum Gasteiger partial charge on any atom is 0.336 e. The quantitative estimate of drug-likeness (QED) is 0.629. The van der Waals surface area contributed by atoms with Crippen LogP contribution in [0.3, 0.4) is 0 Å². The van der Waals surface area contributed by atoms with Crippen LogP contribution in [0, 0.1) is 5.92 Å². The van der Waals surface area contributed by atoms with Crippen LogP contribution in [0.5, 0.6) is 5.75 Å². The molecule has 2 aromatic rings. The predicted molar refractivity (Wildman–Crippen MR) is 71.5 cm³/mol. The minimum Gasteiger partial charge on any atom is -0.496 e. The van der Waals surface area contributed by atoms with Crippen molar-refractivity contribution in [2.24, 2.45) is 5.92 Å². The van der Waals surface area contributed by atoms with Gasteiger partial charge in [0, 0.05) is 11.5 Å². The Morgan fingerprint density at radius 3 is 2.58 bits per heavy atom. The monoisotopic (exact) mass is 260 g/mol. The van der Waals surface area contributed by atoms with E-state index in [0.29, 0.717) is 17.3 Å². The first-order valence-electron chi connectivity index (χ1n) is 6.38. The van der Waals surface area contributed by atoms with Crippen molar-refractivity contribution < 1.29 is 13.9 Å². The first kappa shape index (κ1) is 12.2. The number of hydrogen-bond donors (Lipinski definition) is 0. The number of rotatable bonds is 3. The van der Waals surface area contributed by atoms with Crippen molar-refractivity contribution in [1.82, 2.24) is 0 Å². The summed E-state index contributed by atoms with van der Waals surface area (Å²) in [5.74, 6) is 1.12. The van der Waals surface area contributed by atoms with Crippen LogP contribution in [0.15, 0.2) is 33.5 Å². The fraction of sp³-hybridized carbons (Fsp3) is 0.400. The molecule has 2 heterocycles. The zero-order valence-electron chi connectivity index (χ0n) is 11.2. The Labute approximate surface area is 110 Å². The number of hydrogen-bond acceptors (Lipinski definition) is 4. The van der Waals surface area contributed by atoms with Gasteiger partial charge in [-0.1, -0.05) is 13.8 Å². The van der Waals surface area contributed by atoms with Crippen molar-refractivity contribution in [3.63, 3.8) is 0 Å². The third-order valence-corrected chi connectivity index (χ3v) is 3.48. The van der Waals surface area contributed by atoms with Crippen LogP contribution < -0.4 is 10.4 Å². The molecule has 0 N–H and O–H groups in total. The molecule has 0 aliphatic carbocycles. The number of epoxide rings is 1. The van der Waals surface area contributed by atoms with Gasteiger partial charge in [0.2, 0.25) is 0 Å². The lowest BCUT2D eigenvalue weighted by Crippen LogP contribution is -2.02. The lowest BCUT2D eigenvalue weighted by molar-refractivity contribution is 0.332. The van der Waals surface area contributed by atoms with Crippen molar-refractivity contribution in [2.75, 3.05) is 7.11 Å². The summed E-state index contributed by atoms with van der Waals surface area (Å²) >= 11 is 0. The Morgan fingerprint density at radius 2 is 1.95 bits per heavy atom. The standard InChI is InChI=1S/C15H16O4/c1-8(2)13-15(19-13)12-10(17-3)6-4-9-5-7-11(16)18-14(9)12/h4-8,13,15H,1-3H3/t13-,15-/m0/s1. The SMILES string of the molecule is COc1ccc2ccc(=O)oc2c1[C@@H]1O[C@H]1C(C)C. The number of fused-ring (bicyclic) bond motifs is 1. The van der Waals surface area contributed by atoms with Gasteiger partial charge in [0.1, 0.15) is 17.4 Å². The van der Waals surface area contributed by atoms with Gasteiger partial charge in [-0.05, 0) is 24.1 Å². The number of benzene rings is 1. The van der Waals surface area contributed by atoms with Gasteiger partial charge < -0.3 is 13.9 Å². The van der Waals surface area contributed by atoms with E-state index in [1.807, 2.05) is 12.1 Å². The molecule has 19 heavy (non-hydrogen) atoms. The summed E-state index contributed by atoms with van der Waals surface area (Å²) in [5, 5.41) is 0.883. The molecule has 1 aromatic heterocycles. The summed E-state index contributed by atoms with van der Waals surface area (Å²) in [6.07, 6.45) is 0.106. The van der Waals surface area contributed by atoms with Crippen molar-refractivity contribution in [3.05, 3.63) is 40.2 Å². The highest BCUT2D eigenvalue weighted by Gasteiger charge is 2.45. The summed E-state index contributed by atoms with van der Waals surface area (Å²) in [6.45, 7) is 4.22. The second-order valence-corrected chi connectivity index (χ2v) is 5.12. The molecule has 1 aliphatic heterocycles. The van der Waals surface area contributed by atoms with Gasteiger partial charge in [0.05, 0.1) is 18.8 Å². The zero-order chi connectivity index (χ0) is 13.6. The van der Waals surface area contributed by atoms with Crippen LogP contribution in [0.25, 0.3) is 11.0 Å². The van der Waals surface area contributed by atoms with E-state index >= 15 is 0 Å². The Morgan fingerprint density at radius 1 is 1.21 bits per heavy atom. The van der Waals surface area contributed by atoms with Gasteiger partial charge in [0.25, 0.3) is 0 Å². The summed E-state index contributed by atoms with van der Waals surface area (Å²) < 4.78 is 16.4. The largest absolute Gasteiger partial charge is 0.496 e. The highest BCUT2D eigenvalue weighted by atomic mass is 16.6. The predicted octanol–water partition coefficient (Wildman–Crippen LogP) is 2.90. The average Bonchev–Trinajstić information content (AvgIpc) is 3.17. The van der Waals surface area contributed by atoms with Gasteiger partial charge in [-0.25, -0.2) is 4.79 Å². The number of methoxy groups -OCH3 is 1. The van der Waals surface area contributed by atoms with Crippen LogP contribution in [-0.2, 0) is 4.74 Å². The topological polar surface area (TPSA) is 52.0 Å². The molecule has 100 valence electrons. The molecule has 2 atom stereocenters. The van der Waals surface area contributed by atoms with E-state index < -0.39 is 0 Å². The molecule has 0 bridgehead atoms. The molecule has 1 saturated heterocycles. The van der Waals surface area contributed by atoms with Crippen LogP contribution in [0.1, 0.15) is 25.5 Å². The van der Waals surface area contributed by atoms with E-state index in [1.165, 1.54) is 6.07 Å². The van der Waals surface area contributed by atoms with E-state index in [4.69, 9.17) is 13.9 Å². The highest BCUT2D eigenvalue weighted by molar-refractivity contribution is 5.83. The Bertz CT molecular complexity index is 671. The first-order chi connectivity index (χ1) is 9.11. The van der Waals surface area contributed by atoms with E-state index in [2.05, 4.69) is 13.8 Å². The second kappa shape index (κ2) is 4.38. The molecular formula is C15H16O4. The maximum atomic E-state index is 11.4. The van der Waals surface area contributed by atoms with Crippen LogP contribution in [0.2, 0.25) is 0 Å². The van der Waals surface area contributed by atoms with E-state index in [9.17, 15) is 4.79 Å². The molecular weight excluding hydrogens is 244 g/mol. The molecule has 0 saturated carbocycles. The fourth-order valence-corrected chi connectivity index (χ4v) is 2.45. The van der Waals surface area contributed by atoms with E-state index in [-0.39, 0.29) is 17.8 Å². The third-order valence-electron chi connectivity index (χ3n) is 3.48. The van der Waals surface area contributed by atoms with Crippen molar-refractivity contribution in [2.45, 2.75) is 26.1 Å². The third kappa shape index (κ3) is 2.02. The Kier molecular flexibility index (Phi) is 2.82. The van der Waals surface area contributed by atoms with Crippen LogP contribution in [-0.4, -0.2) is 13.2 Å². The molecule has 1 aromatic carbocycles. The average molecular weight is 260 g/mol. The van der Waals surface area contributed by atoms with E-state index in [1.54, 1.807) is 13.2 Å². The first-order valence-corrected chi connectivity index (χ1v) is 6.38. The summed E-state index contributed by atoms with van der Waals surface area (Å²) in [5.41, 5.74) is 1.06. The smallest absolute Gasteiger partial charge is 0.336 e. The molecule has 0 amide bonds. The summed E-state index contributed by atoms with van der Waals surface area (Å²) in [7, 11) is 1.61. The number of ether oxygens (including phenoxy) is 2. The molecule has 4 nitrogen and oxygen atoms in total. The fourth-order valence-electron chi connectivity index (χ4n) is 2.45. The van der Waals surface area contributed by atoms with Gasteiger partial charge in [-0.2, -0.15) is 0 Å². The van der Waals surface area contributed by atoms with Gasteiger partial charge in [-0.15, -0.1) is 0 Å². The summed E-state index contributed by atoms with van der Waals surface area (Å²) in [4.78, 5) is 11.4. The maximum absolute atomic E-state index is 11.4. The molecule has 1 aliphatic rings. The Balaban J connectivity index is 2.20. The molecule has 0 spiro atoms. The van der Waals surface area contributed by atoms with Crippen molar-refractivity contribution in [3.8, 4) is 5.75 Å². The minimum absolute atomic E-state index is 0.0517. The van der Waals surface area contributed by atoms with Gasteiger partial charge in [0.15, 0.2) is 0 Å². The minimum atomic E-state index is -0.358. The normalized spacial score (nSPS) is 21.9. The molecule has 0 radical (unpaired) electrons. The van der Waals surface area contributed by atoms with Crippen LogP contribution >= 0.6 is 0 Å². The lowest BCUT2D eigenvalue weighted by atomic mass is 10.00. The highest BCUT2D eigenvalue weighted by Crippen LogP contribution is 2.48. The lowest BCUT2D eigenvalue weighted by Gasteiger charge is -2.09. The van der Waals surface area contributed by atoms with Crippen LogP contribution in [0.4, 0.5) is 0 Å². The van der Waals surface area contributed by atoms with Gasteiger partial charge >= 0.3 is 5.63 Å². The second-order valence-electron chi connectivity index (χ2n) is 5.12. The van der Waals surface area contributed by atoms with E-state index in [0.717, 1.165) is 10.9 Å². The molecule has 1 fully saturated rings. The summed E-state index contributed by atoms with van der Waals surface area (Å²) in [6, 6.07) is 6.95. The van der Waals surface area contributed by atoms with Crippen molar-refractivity contribution >= 4 is 11.0 Å².